The van der Waals surface area contributed by atoms with Crippen LogP contribution in [-0.4, -0.2) is 23.9 Å². The van der Waals surface area contributed by atoms with Crippen LogP contribution in [0.4, 0.5) is 11.5 Å². The van der Waals surface area contributed by atoms with Crippen LogP contribution in [0.5, 0.6) is 5.75 Å². The van der Waals surface area contributed by atoms with Crippen molar-refractivity contribution in [2.24, 2.45) is 0 Å². The van der Waals surface area contributed by atoms with Crippen LogP contribution < -0.4 is 15.4 Å². The Hall–Kier alpha value is -2.17. The molecule has 0 saturated heterocycles. The van der Waals surface area contributed by atoms with Crippen LogP contribution in [0.15, 0.2) is 24.3 Å². The summed E-state index contributed by atoms with van der Waals surface area (Å²) in [6.45, 7) is 5.59. The largest absolute Gasteiger partial charge is 0.497 e. The smallest absolute Gasteiger partial charge is 0.150 e. The fourth-order valence-electron chi connectivity index (χ4n) is 2.29. The average molecular weight is 274 g/mol. The van der Waals surface area contributed by atoms with Gasteiger partial charge in [0.15, 0.2) is 5.82 Å². The number of hydrogen-bond donors (Lipinski definition) is 1. The number of nitrogens with two attached hydrogens (primary N) is 1. The van der Waals surface area contributed by atoms with Crippen molar-refractivity contribution in [3.05, 3.63) is 35.5 Å². The van der Waals surface area contributed by atoms with Gasteiger partial charge in [-0.05, 0) is 31.5 Å². The Balaban J connectivity index is 2.20. The molecule has 1 heterocycles. The van der Waals surface area contributed by atoms with Crippen LogP contribution in [-0.2, 0) is 13.1 Å². The number of benzene rings is 1. The second kappa shape index (κ2) is 5.86. The quantitative estimate of drug-likeness (QED) is 0.910. The van der Waals surface area contributed by atoms with Crippen molar-refractivity contribution in [1.82, 2.24) is 9.78 Å². The number of hydrogen-bond acceptors (Lipinski definition) is 4. The molecule has 0 aliphatic rings. The van der Waals surface area contributed by atoms with Crippen LogP contribution >= 0.6 is 0 Å². The highest BCUT2D eigenvalue weighted by atomic mass is 16.5. The van der Waals surface area contributed by atoms with E-state index in [1.165, 1.54) is 5.56 Å². The van der Waals surface area contributed by atoms with Gasteiger partial charge in [0, 0.05) is 20.1 Å². The minimum absolute atomic E-state index is 0.753. The molecule has 2 aromatic rings. The maximum absolute atomic E-state index is 6.13. The van der Waals surface area contributed by atoms with Crippen molar-refractivity contribution in [1.29, 1.82) is 0 Å². The fourth-order valence-corrected chi connectivity index (χ4v) is 2.29. The zero-order chi connectivity index (χ0) is 14.7. The topological polar surface area (TPSA) is 56.3 Å². The van der Waals surface area contributed by atoms with E-state index in [-0.39, 0.29) is 0 Å². The molecule has 108 valence electrons. The lowest BCUT2D eigenvalue weighted by molar-refractivity contribution is 0.414. The number of aryl methyl sites for hydroxylation is 2. The van der Waals surface area contributed by atoms with Crippen molar-refractivity contribution in [2.75, 3.05) is 24.8 Å². The minimum Gasteiger partial charge on any atom is -0.497 e. The number of rotatable bonds is 5. The third-order valence-corrected chi connectivity index (χ3v) is 3.39. The molecule has 5 nitrogen and oxygen atoms in total. The van der Waals surface area contributed by atoms with E-state index < -0.39 is 0 Å². The fraction of sp³-hybridized carbons (Fsp3) is 0.400. The predicted octanol–water partition coefficient (Wildman–Crippen LogP) is 2.44. The van der Waals surface area contributed by atoms with Gasteiger partial charge >= 0.3 is 0 Å². The monoisotopic (exact) mass is 274 g/mol. The lowest BCUT2D eigenvalue weighted by Crippen LogP contribution is -2.21. The van der Waals surface area contributed by atoms with Crippen LogP contribution in [0.2, 0.25) is 0 Å². The summed E-state index contributed by atoms with van der Waals surface area (Å²) in [4.78, 5) is 2.13. The van der Waals surface area contributed by atoms with Gasteiger partial charge in [0.1, 0.15) is 5.75 Å². The number of anilines is 2. The first-order valence-corrected chi connectivity index (χ1v) is 6.73. The Morgan fingerprint density at radius 1 is 1.30 bits per heavy atom. The Labute approximate surface area is 119 Å². The molecule has 5 heteroatoms. The summed E-state index contributed by atoms with van der Waals surface area (Å²) in [5.41, 5.74) is 8.97. The lowest BCUT2D eigenvalue weighted by atomic mass is 10.2. The van der Waals surface area contributed by atoms with Gasteiger partial charge in [0.05, 0.1) is 18.5 Å². The predicted molar refractivity (Wildman–Crippen MR) is 82.2 cm³/mol. The third-order valence-electron chi connectivity index (χ3n) is 3.39. The molecule has 0 aliphatic carbocycles. The van der Waals surface area contributed by atoms with Gasteiger partial charge in [-0.25, -0.2) is 4.68 Å². The normalized spacial score (nSPS) is 10.6. The molecule has 0 saturated carbocycles. The molecule has 0 amide bonds. The van der Waals surface area contributed by atoms with E-state index in [1.54, 1.807) is 7.11 Å². The van der Waals surface area contributed by atoms with Gasteiger partial charge in [-0.2, -0.15) is 5.10 Å². The molecule has 1 aromatic heterocycles. The number of nitrogen functional groups attached to an aromatic ring is 1. The number of nitrogens with zero attached hydrogens (tertiary/aromatic N) is 3. The summed E-state index contributed by atoms with van der Waals surface area (Å²) < 4.78 is 7.11. The van der Waals surface area contributed by atoms with E-state index >= 15 is 0 Å². The second-order valence-electron chi connectivity index (χ2n) is 4.84. The zero-order valence-corrected chi connectivity index (χ0v) is 12.6. The molecular formula is C15H22N4O. The van der Waals surface area contributed by atoms with Gasteiger partial charge in [-0.1, -0.05) is 12.1 Å². The van der Waals surface area contributed by atoms with Crippen LogP contribution in [0.1, 0.15) is 18.2 Å². The van der Waals surface area contributed by atoms with E-state index in [0.29, 0.717) is 0 Å². The van der Waals surface area contributed by atoms with E-state index in [2.05, 4.69) is 29.1 Å². The molecule has 20 heavy (non-hydrogen) atoms. The lowest BCUT2D eigenvalue weighted by Gasteiger charge is -2.21. The van der Waals surface area contributed by atoms with Crippen molar-refractivity contribution in [3.8, 4) is 5.75 Å². The van der Waals surface area contributed by atoms with Gasteiger partial charge in [0.25, 0.3) is 0 Å². The molecule has 0 fully saturated rings. The first kappa shape index (κ1) is 14.2. The molecule has 0 atom stereocenters. The Morgan fingerprint density at radius 3 is 2.50 bits per heavy atom. The van der Waals surface area contributed by atoms with Gasteiger partial charge < -0.3 is 15.4 Å². The number of ether oxygens (including phenoxy) is 1. The van der Waals surface area contributed by atoms with E-state index in [1.807, 2.05) is 30.8 Å². The maximum Gasteiger partial charge on any atom is 0.150 e. The molecule has 0 unspecified atom stereocenters. The minimum atomic E-state index is 0.753. The van der Waals surface area contributed by atoms with Crippen LogP contribution in [0, 0.1) is 6.92 Å². The van der Waals surface area contributed by atoms with Gasteiger partial charge in [-0.3, -0.25) is 0 Å². The Bertz CT molecular complexity index is 574. The van der Waals surface area contributed by atoms with E-state index in [9.17, 15) is 0 Å². The third kappa shape index (κ3) is 2.71. The van der Waals surface area contributed by atoms with Crippen molar-refractivity contribution in [2.45, 2.75) is 26.9 Å². The van der Waals surface area contributed by atoms with E-state index in [4.69, 9.17) is 10.5 Å². The molecule has 1 aromatic carbocycles. The van der Waals surface area contributed by atoms with Crippen LogP contribution in [0.3, 0.4) is 0 Å². The second-order valence-corrected chi connectivity index (χ2v) is 4.84. The Morgan fingerprint density at radius 2 is 1.95 bits per heavy atom. The first-order chi connectivity index (χ1) is 9.56. The number of methoxy groups -OCH3 is 1. The van der Waals surface area contributed by atoms with Crippen molar-refractivity contribution in [3.63, 3.8) is 0 Å². The molecular weight excluding hydrogens is 252 g/mol. The van der Waals surface area contributed by atoms with Crippen molar-refractivity contribution < 1.29 is 4.74 Å². The molecule has 2 rings (SSSR count). The zero-order valence-electron chi connectivity index (χ0n) is 12.6. The molecule has 0 radical (unpaired) electrons. The summed E-state index contributed by atoms with van der Waals surface area (Å²) in [6, 6.07) is 8.06. The summed E-state index contributed by atoms with van der Waals surface area (Å²) in [7, 11) is 3.70. The number of aromatic nitrogens is 2. The average Bonchev–Trinajstić information content (AvgIpc) is 2.75. The highest BCUT2D eigenvalue weighted by Gasteiger charge is 2.15. The first-order valence-electron chi connectivity index (χ1n) is 6.73. The summed E-state index contributed by atoms with van der Waals surface area (Å²) in [5, 5.41) is 4.45. The maximum atomic E-state index is 6.13. The van der Waals surface area contributed by atoms with Crippen LogP contribution in [0.25, 0.3) is 0 Å². The highest BCUT2D eigenvalue weighted by Crippen LogP contribution is 2.27. The summed E-state index contributed by atoms with van der Waals surface area (Å²) in [6.07, 6.45) is 0. The SMILES string of the molecule is CCn1nc(C)c(N)c1N(C)Cc1ccc(OC)cc1. The van der Waals surface area contributed by atoms with E-state index in [0.717, 1.165) is 36.0 Å². The van der Waals surface area contributed by atoms with Crippen molar-refractivity contribution >= 4 is 11.5 Å². The summed E-state index contributed by atoms with van der Waals surface area (Å²) >= 11 is 0. The highest BCUT2D eigenvalue weighted by molar-refractivity contribution is 5.66. The summed E-state index contributed by atoms with van der Waals surface area (Å²) in [5.74, 6) is 1.84. The van der Waals surface area contributed by atoms with Gasteiger partial charge in [0.2, 0.25) is 0 Å². The van der Waals surface area contributed by atoms with Gasteiger partial charge in [-0.15, -0.1) is 0 Å². The molecule has 0 bridgehead atoms. The standard InChI is InChI=1S/C15H22N4O/c1-5-19-15(14(16)11(2)17-19)18(3)10-12-6-8-13(20-4)9-7-12/h6-9H,5,10,16H2,1-4H3. The molecule has 2 N–H and O–H groups in total. The molecule has 0 spiro atoms. The molecule has 0 aliphatic heterocycles. The Kier molecular flexibility index (Phi) is 4.17.